The summed E-state index contributed by atoms with van der Waals surface area (Å²) >= 11 is 0. The van der Waals surface area contributed by atoms with E-state index < -0.39 is 0 Å². The Balaban J connectivity index is 1.26. The monoisotopic (exact) mass is 402 g/mol. The molecule has 30 heavy (non-hydrogen) atoms. The Morgan fingerprint density at radius 3 is 2.37 bits per heavy atom. The summed E-state index contributed by atoms with van der Waals surface area (Å²) in [5, 5.41) is 11.8. The third kappa shape index (κ3) is 5.11. The molecule has 3 heterocycles. The van der Waals surface area contributed by atoms with Crippen molar-refractivity contribution in [3.8, 4) is 0 Å². The van der Waals surface area contributed by atoms with E-state index in [0.717, 1.165) is 36.7 Å². The largest absolute Gasteiger partial charge is 0.352 e. The predicted octanol–water partition coefficient (Wildman–Crippen LogP) is 3.21. The van der Waals surface area contributed by atoms with Gasteiger partial charge >= 0.3 is 0 Å². The molecule has 2 aromatic heterocycles. The Labute approximate surface area is 176 Å². The van der Waals surface area contributed by atoms with Gasteiger partial charge in [-0.15, -0.1) is 10.2 Å². The molecule has 0 bridgehead atoms. The number of pyridine rings is 1. The number of anilines is 3. The number of nitrogens with zero attached hydrogens (tertiary/aromatic N) is 5. The van der Waals surface area contributed by atoms with Crippen LogP contribution in [0.1, 0.15) is 17.5 Å². The summed E-state index contributed by atoms with van der Waals surface area (Å²) in [4.78, 5) is 21.0. The number of amides is 1. The number of benzene rings is 1. The molecule has 1 aliphatic heterocycles. The van der Waals surface area contributed by atoms with Gasteiger partial charge in [0.05, 0.1) is 0 Å². The zero-order valence-electron chi connectivity index (χ0n) is 17.2. The number of hydrogen-bond donors (Lipinski definition) is 1. The molecule has 0 radical (unpaired) electrons. The average molecular weight is 403 g/mol. The van der Waals surface area contributed by atoms with E-state index in [1.165, 1.54) is 5.56 Å². The second-order valence-electron chi connectivity index (χ2n) is 7.48. The van der Waals surface area contributed by atoms with Gasteiger partial charge in [-0.1, -0.05) is 36.4 Å². The third-order valence-electron chi connectivity index (χ3n) is 5.24. The predicted molar refractivity (Wildman–Crippen MR) is 118 cm³/mol. The molecular formula is C23H26N6O. The Hall–Kier alpha value is -3.48. The lowest BCUT2D eigenvalue weighted by Crippen LogP contribution is -2.49. The van der Waals surface area contributed by atoms with Crippen LogP contribution in [0.15, 0.2) is 60.8 Å². The van der Waals surface area contributed by atoms with Crippen LogP contribution in [0.3, 0.4) is 0 Å². The van der Waals surface area contributed by atoms with Crippen molar-refractivity contribution in [2.75, 3.05) is 36.4 Å². The van der Waals surface area contributed by atoms with Gasteiger partial charge in [0.15, 0.2) is 11.6 Å². The molecule has 154 valence electrons. The second-order valence-corrected chi connectivity index (χ2v) is 7.48. The number of carbonyl (C=O) groups excluding carboxylic acids is 1. The lowest BCUT2D eigenvalue weighted by atomic mass is 10.1. The van der Waals surface area contributed by atoms with Crippen LogP contribution >= 0.6 is 0 Å². The van der Waals surface area contributed by atoms with Crippen molar-refractivity contribution in [3.63, 3.8) is 0 Å². The summed E-state index contributed by atoms with van der Waals surface area (Å²) in [6.07, 6.45) is 3.15. The van der Waals surface area contributed by atoms with Crippen LogP contribution in [0.4, 0.5) is 17.5 Å². The molecule has 7 heteroatoms. The zero-order chi connectivity index (χ0) is 20.8. The summed E-state index contributed by atoms with van der Waals surface area (Å²) in [5.41, 5.74) is 2.31. The first-order valence-electron chi connectivity index (χ1n) is 10.3. The Bertz CT molecular complexity index is 951. The summed E-state index contributed by atoms with van der Waals surface area (Å²) in [7, 11) is 0. The number of rotatable bonds is 6. The highest BCUT2D eigenvalue weighted by Crippen LogP contribution is 2.17. The Morgan fingerprint density at radius 2 is 1.70 bits per heavy atom. The molecule has 0 aliphatic carbocycles. The van der Waals surface area contributed by atoms with E-state index in [1.807, 2.05) is 60.5 Å². The molecular weight excluding hydrogens is 376 g/mol. The lowest BCUT2D eigenvalue weighted by Gasteiger charge is -2.35. The fraction of sp³-hybridized carbons (Fsp3) is 0.304. The Kier molecular flexibility index (Phi) is 6.17. The molecule has 1 fully saturated rings. The van der Waals surface area contributed by atoms with Crippen molar-refractivity contribution in [2.24, 2.45) is 0 Å². The fourth-order valence-corrected chi connectivity index (χ4v) is 3.47. The molecule has 0 saturated carbocycles. The summed E-state index contributed by atoms with van der Waals surface area (Å²) in [6, 6.07) is 17.9. The molecule has 0 spiro atoms. The van der Waals surface area contributed by atoms with Gasteiger partial charge in [0.2, 0.25) is 5.91 Å². The van der Waals surface area contributed by atoms with Gasteiger partial charge in [-0.05, 0) is 42.7 Å². The minimum atomic E-state index is 0.217. The van der Waals surface area contributed by atoms with Crippen molar-refractivity contribution in [3.05, 3.63) is 71.9 Å². The normalized spacial score (nSPS) is 13.9. The molecule has 0 unspecified atom stereocenters. The average Bonchev–Trinajstić information content (AvgIpc) is 2.80. The van der Waals surface area contributed by atoms with Gasteiger partial charge < -0.3 is 15.1 Å². The van der Waals surface area contributed by atoms with Crippen molar-refractivity contribution in [1.29, 1.82) is 0 Å². The van der Waals surface area contributed by atoms with Gasteiger partial charge in [0, 0.05) is 38.8 Å². The molecule has 1 aliphatic rings. The van der Waals surface area contributed by atoms with Crippen LogP contribution in [-0.4, -0.2) is 52.2 Å². The van der Waals surface area contributed by atoms with E-state index >= 15 is 0 Å². The highest BCUT2D eigenvalue weighted by atomic mass is 16.2. The SMILES string of the molecule is Cc1ccc(Nc2ccc(N3CCN(C(=O)CCc4ccccc4)CC3)nn2)nc1. The van der Waals surface area contributed by atoms with Crippen LogP contribution in [-0.2, 0) is 11.2 Å². The van der Waals surface area contributed by atoms with Crippen LogP contribution in [0.2, 0.25) is 0 Å². The fourth-order valence-electron chi connectivity index (χ4n) is 3.47. The maximum absolute atomic E-state index is 12.5. The topological polar surface area (TPSA) is 74.2 Å². The van der Waals surface area contributed by atoms with Crippen molar-refractivity contribution < 1.29 is 4.79 Å². The molecule has 1 N–H and O–H groups in total. The molecule has 3 aromatic rings. The molecule has 0 atom stereocenters. The third-order valence-corrected chi connectivity index (χ3v) is 5.24. The number of piperazine rings is 1. The van der Waals surface area contributed by atoms with Crippen LogP contribution in [0, 0.1) is 6.92 Å². The first-order chi connectivity index (χ1) is 14.7. The molecule has 4 rings (SSSR count). The van der Waals surface area contributed by atoms with Crippen molar-refractivity contribution in [1.82, 2.24) is 20.1 Å². The maximum Gasteiger partial charge on any atom is 0.223 e. The van der Waals surface area contributed by atoms with Crippen LogP contribution in [0.25, 0.3) is 0 Å². The van der Waals surface area contributed by atoms with E-state index in [4.69, 9.17) is 0 Å². The quantitative estimate of drug-likeness (QED) is 0.683. The second kappa shape index (κ2) is 9.35. The summed E-state index contributed by atoms with van der Waals surface area (Å²) in [5.74, 6) is 2.44. The van der Waals surface area contributed by atoms with E-state index in [9.17, 15) is 4.79 Å². The first kappa shape index (κ1) is 19.8. The highest BCUT2D eigenvalue weighted by molar-refractivity contribution is 5.76. The van der Waals surface area contributed by atoms with Crippen molar-refractivity contribution >= 4 is 23.4 Å². The van der Waals surface area contributed by atoms with Crippen molar-refractivity contribution in [2.45, 2.75) is 19.8 Å². The summed E-state index contributed by atoms with van der Waals surface area (Å²) < 4.78 is 0. The van der Waals surface area contributed by atoms with E-state index in [1.54, 1.807) is 0 Å². The molecule has 1 saturated heterocycles. The summed E-state index contributed by atoms with van der Waals surface area (Å²) in [6.45, 7) is 4.95. The maximum atomic E-state index is 12.5. The molecule has 7 nitrogen and oxygen atoms in total. The number of carbonyl (C=O) groups is 1. The standard InChI is InChI=1S/C23H26N6O/c1-18-7-9-20(24-17-18)25-21-10-11-22(27-26-21)28-13-15-29(16-14-28)23(30)12-8-19-5-3-2-4-6-19/h2-7,9-11,17H,8,12-16H2,1H3,(H,24,25,26). The van der Waals surface area contributed by atoms with Gasteiger partial charge in [-0.25, -0.2) is 4.98 Å². The number of hydrogen-bond acceptors (Lipinski definition) is 6. The van der Waals surface area contributed by atoms with Gasteiger partial charge in [-0.2, -0.15) is 0 Å². The van der Waals surface area contributed by atoms with E-state index in [2.05, 4.69) is 37.5 Å². The number of nitrogens with one attached hydrogen (secondary N) is 1. The Morgan fingerprint density at radius 1 is 0.933 bits per heavy atom. The number of aromatic nitrogens is 3. The minimum Gasteiger partial charge on any atom is -0.352 e. The van der Waals surface area contributed by atoms with Crippen LogP contribution < -0.4 is 10.2 Å². The van der Waals surface area contributed by atoms with E-state index in [-0.39, 0.29) is 5.91 Å². The zero-order valence-corrected chi connectivity index (χ0v) is 17.2. The first-order valence-corrected chi connectivity index (χ1v) is 10.3. The highest BCUT2D eigenvalue weighted by Gasteiger charge is 2.21. The molecule has 1 aromatic carbocycles. The number of aryl methyl sites for hydroxylation is 2. The minimum absolute atomic E-state index is 0.217. The van der Waals surface area contributed by atoms with Crippen LogP contribution in [0.5, 0.6) is 0 Å². The van der Waals surface area contributed by atoms with Gasteiger partial charge in [0.1, 0.15) is 5.82 Å². The van der Waals surface area contributed by atoms with Gasteiger partial charge in [0.25, 0.3) is 0 Å². The van der Waals surface area contributed by atoms with Gasteiger partial charge in [-0.3, -0.25) is 4.79 Å². The smallest absolute Gasteiger partial charge is 0.223 e. The molecule has 1 amide bonds. The lowest BCUT2D eigenvalue weighted by molar-refractivity contribution is -0.131. The van der Waals surface area contributed by atoms with E-state index in [0.29, 0.717) is 25.3 Å².